The van der Waals surface area contributed by atoms with Crippen LogP contribution in [0.5, 0.6) is 0 Å². The minimum absolute atomic E-state index is 0.0997. The highest BCUT2D eigenvalue weighted by molar-refractivity contribution is 6.33. The number of nitrogens with zero attached hydrogens (tertiary/aromatic N) is 2. The molecule has 2 aromatic carbocycles. The highest BCUT2D eigenvalue weighted by atomic mass is 35.5. The van der Waals surface area contributed by atoms with Gasteiger partial charge in [-0.3, -0.25) is 4.79 Å². The summed E-state index contributed by atoms with van der Waals surface area (Å²) in [5, 5.41) is 4.33. The van der Waals surface area contributed by atoms with Crippen molar-refractivity contribution in [1.82, 2.24) is 10.1 Å². The molecular weight excluding hydrogens is 312 g/mol. The summed E-state index contributed by atoms with van der Waals surface area (Å²) in [6.07, 6.45) is 1.46. The Balaban J connectivity index is 1.67. The van der Waals surface area contributed by atoms with Gasteiger partial charge in [0.25, 0.3) is 5.91 Å². The number of amides is 1. The fraction of sp³-hybridized carbons (Fsp3) is 0.111. The SMILES string of the molecule is O=C(c1cnoc1-c1ccccc1Cl)N1Cc2ccccc2C1. The third kappa shape index (κ3) is 2.41. The van der Waals surface area contributed by atoms with E-state index in [0.29, 0.717) is 35.0 Å². The molecular formula is C18H13ClN2O2. The number of carbonyl (C=O) groups is 1. The number of hydrogen-bond acceptors (Lipinski definition) is 3. The van der Waals surface area contributed by atoms with Gasteiger partial charge < -0.3 is 9.42 Å². The van der Waals surface area contributed by atoms with Crippen LogP contribution >= 0.6 is 11.6 Å². The van der Waals surface area contributed by atoms with Gasteiger partial charge in [-0.05, 0) is 23.3 Å². The topological polar surface area (TPSA) is 46.3 Å². The van der Waals surface area contributed by atoms with Crippen molar-refractivity contribution in [3.8, 4) is 11.3 Å². The number of rotatable bonds is 2. The number of hydrogen-bond donors (Lipinski definition) is 0. The van der Waals surface area contributed by atoms with E-state index in [4.69, 9.17) is 16.1 Å². The van der Waals surface area contributed by atoms with Gasteiger partial charge in [-0.15, -0.1) is 0 Å². The monoisotopic (exact) mass is 324 g/mol. The second-order valence-corrected chi connectivity index (χ2v) is 5.89. The summed E-state index contributed by atoms with van der Waals surface area (Å²) in [7, 11) is 0. The lowest BCUT2D eigenvalue weighted by atomic mass is 10.1. The lowest BCUT2D eigenvalue weighted by Crippen LogP contribution is -2.25. The van der Waals surface area contributed by atoms with Crippen molar-refractivity contribution in [2.75, 3.05) is 0 Å². The molecule has 1 amide bonds. The minimum atomic E-state index is -0.0997. The molecule has 0 fully saturated rings. The quantitative estimate of drug-likeness (QED) is 0.711. The van der Waals surface area contributed by atoms with Crippen LogP contribution in [-0.4, -0.2) is 16.0 Å². The van der Waals surface area contributed by atoms with Crippen LogP contribution in [0, 0.1) is 0 Å². The molecule has 0 saturated carbocycles. The number of benzene rings is 2. The van der Waals surface area contributed by atoms with Gasteiger partial charge in [0, 0.05) is 18.7 Å². The van der Waals surface area contributed by atoms with Crippen LogP contribution in [0.15, 0.2) is 59.3 Å². The zero-order valence-electron chi connectivity index (χ0n) is 12.2. The largest absolute Gasteiger partial charge is 0.355 e. The Labute approximate surface area is 138 Å². The highest BCUT2D eigenvalue weighted by Crippen LogP contribution is 2.32. The van der Waals surface area contributed by atoms with Crippen LogP contribution in [0.1, 0.15) is 21.5 Å². The first-order valence-electron chi connectivity index (χ1n) is 7.29. The molecule has 0 bridgehead atoms. The smallest absolute Gasteiger partial charge is 0.260 e. The van der Waals surface area contributed by atoms with E-state index in [9.17, 15) is 4.79 Å². The molecule has 23 heavy (non-hydrogen) atoms. The predicted molar refractivity (Wildman–Crippen MR) is 87.0 cm³/mol. The van der Waals surface area contributed by atoms with Gasteiger partial charge in [-0.2, -0.15) is 0 Å². The maximum Gasteiger partial charge on any atom is 0.260 e. The summed E-state index contributed by atoms with van der Waals surface area (Å²) < 4.78 is 5.31. The average Bonchev–Trinajstić information content (AvgIpc) is 3.21. The van der Waals surface area contributed by atoms with Gasteiger partial charge in [-0.25, -0.2) is 0 Å². The molecule has 1 aliphatic rings. The molecule has 0 unspecified atom stereocenters. The predicted octanol–water partition coefficient (Wildman–Crippen LogP) is 4.15. The first-order valence-corrected chi connectivity index (χ1v) is 7.67. The summed E-state index contributed by atoms with van der Waals surface area (Å²) in [6, 6.07) is 15.3. The van der Waals surface area contributed by atoms with Crippen LogP contribution in [0.4, 0.5) is 0 Å². The van der Waals surface area contributed by atoms with Crippen LogP contribution in [0.2, 0.25) is 5.02 Å². The number of aromatic nitrogens is 1. The van der Waals surface area contributed by atoms with Crippen molar-refractivity contribution in [3.63, 3.8) is 0 Å². The molecule has 0 aliphatic carbocycles. The van der Waals surface area contributed by atoms with E-state index in [1.807, 2.05) is 42.5 Å². The summed E-state index contributed by atoms with van der Waals surface area (Å²) >= 11 is 6.21. The Kier molecular flexibility index (Phi) is 3.39. The van der Waals surface area contributed by atoms with Gasteiger partial charge in [-0.1, -0.05) is 53.2 Å². The van der Waals surface area contributed by atoms with Crippen molar-refractivity contribution in [2.45, 2.75) is 13.1 Å². The van der Waals surface area contributed by atoms with Crippen molar-refractivity contribution in [1.29, 1.82) is 0 Å². The molecule has 0 atom stereocenters. The molecule has 1 aromatic heterocycles. The van der Waals surface area contributed by atoms with E-state index in [0.717, 1.165) is 0 Å². The van der Waals surface area contributed by atoms with Gasteiger partial charge in [0.1, 0.15) is 5.56 Å². The van der Waals surface area contributed by atoms with E-state index in [1.54, 1.807) is 11.0 Å². The third-order valence-corrected chi connectivity index (χ3v) is 4.38. The molecule has 3 aromatic rings. The fourth-order valence-corrected chi connectivity index (χ4v) is 3.10. The summed E-state index contributed by atoms with van der Waals surface area (Å²) in [5.41, 5.74) is 3.46. The molecule has 4 rings (SSSR count). The van der Waals surface area contributed by atoms with Gasteiger partial charge in [0.05, 0.1) is 11.2 Å². The minimum Gasteiger partial charge on any atom is -0.355 e. The summed E-state index contributed by atoms with van der Waals surface area (Å²) in [5.74, 6) is 0.314. The summed E-state index contributed by atoms with van der Waals surface area (Å²) in [4.78, 5) is 14.7. The van der Waals surface area contributed by atoms with Crippen LogP contribution in [-0.2, 0) is 13.1 Å². The second kappa shape index (κ2) is 5.56. The van der Waals surface area contributed by atoms with Gasteiger partial charge in [0.15, 0.2) is 5.76 Å². The average molecular weight is 325 g/mol. The van der Waals surface area contributed by atoms with Crippen molar-refractivity contribution in [2.24, 2.45) is 0 Å². The van der Waals surface area contributed by atoms with E-state index in [2.05, 4.69) is 5.16 Å². The molecule has 114 valence electrons. The maximum atomic E-state index is 12.9. The first-order chi connectivity index (χ1) is 11.2. The van der Waals surface area contributed by atoms with E-state index >= 15 is 0 Å². The normalized spacial score (nSPS) is 13.2. The Morgan fingerprint density at radius 3 is 2.39 bits per heavy atom. The molecule has 2 heterocycles. The lowest BCUT2D eigenvalue weighted by molar-refractivity contribution is 0.0751. The Hall–Kier alpha value is -2.59. The summed E-state index contributed by atoms with van der Waals surface area (Å²) in [6.45, 7) is 1.20. The molecule has 4 nitrogen and oxygen atoms in total. The van der Waals surface area contributed by atoms with E-state index in [-0.39, 0.29) is 5.91 Å². The van der Waals surface area contributed by atoms with E-state index < -0.39 is 0 Å². The molecule has 0 N–H and O–H groups in total. The molecule has 0 saturated heterocycles. The molecule has 0 radical (unpaired) electrons. The maximum absolute atomic E-state index is 12.9. The number of fused-ring (bicyclic) bond motifs is 1. The molecule has 1 aliphatic heterocycles. The van der Waals surface area contributed by atoms with Crippen molar-refractivity contribution < 1.29 is 9.32 Å². The fourth-order valence-electron chi connectivity index (χ4n) is 2.88. The standard InChI is InChI=1S/C18H13ClN2O2/c19-16-8-4-3-7-14(16)17-15(9-20-23-17)18(22)21-10-12-5-1-2-6-13(12)11-21/h1-9H,10-11H2. The Bertz CT molecular complexity index is 863. The molecule has 0 spiro atoms. The third-order valence-electron chi connectivity index (χ3n) is 4.05. The number of halogens is 1. The van der Waals surface area contributed by atoms with Crippen molar-refractivity contribution >= 4 is 17.5 Å². The highest BCUT2D eigenvalue weighted by Gasteiger charge is 2.28. The van der Waals surface area contributed by atoms with Crippen molar-refractivity contribution in [3.05, 3.63) is 76.4 Å². The van der Waals surface area contributed by atoms with E-state index in [1.165, 1.54) is 17.3 Å². The first kappa shape index (κ1) is 14.0. The molecule has 5 heteroatoms. The lowest BCUT2D eigenvalue weighted by Gasteiger charge is -2.14. The Morgan fingerprint density at radius 2 is 1.70 bits per heavy atom. The Morgan fingerprint density at radius 1 is 1.04 bits per heavy atom. The van der Waals surface area contributed by atoms with Gasteiger partial charge >= 0.3 is 0 Å². The zero-order valence-corrected chi connectivity index (χ0v) is 13.0. The van der Waals surface area contributed by atoms with Crippen LogP contribution in [0.3, 0.4) is 0 Å². The number of carbonyl (C=O) groups excluding carboxylic acids is 1. The van der Waals surface area contributed by atoms with Gasteiger partial charge in [0.2, 0.25) is 0 Å². The second-order valence-electron chi connectivity index (χ2n) is 5.48. The van der Waals surface area contributed by atoms with Crippen LogP contribution < -0.4 is 0 Å². The van der Waals surface area contributed by atoms with Crippen LogP contribution in [0.25, 0.3) is 11.3 Å². The zero-order chi connectivity index (χ0) is 15.8.